The normalized spacial score (nSPS) is 33.8. The average molecular weight is 307 g/mol. The van der Waals surface area contributed by atoms with E-state index in [1.807, 2.05) is 6.92 Å². The maximum Gasteiger partial charge on any atom is 0.280 e. The van der Waals surface area contributed by atoms with Crippen molar-refractivity contribution in [1.82, 2.24) is 19.5 Å². The minimum Gasteiger partial charge on any atom is -0.375 e. The minimum absolute atomic E-state index is 0.0387. The zero-order chi connectivity index (χ0) is 15.5. The Kier molecular flexibility index (Phi) is 2.80. The molecule has 0 aliphatic carbocycles. The summed E-state index contributed by atoms with van der Waals surface area (Å²) in [7, 11) is 1.65. The summed E-state index contributed by atoms with van der Waals surface area (Å²) < 4.78 is 19.3. The molecule has 2 aromatic rings. The van der Waals surface area contributed by atoms with Crippen LogP contribution in [0.5, 0.6) is 0 Å². The van der Waals surface area contributed by atoms with Gasteiger partial charge in [0.1, 0.15) is 17.8 Å². The summed E-state index contributed by atoms with van der Waals surface area (Å²) in [5.74, 6) is 0.0387. The van der Waals surface area contributed by atoms with Crippen molar-refractivity contribution in [3.63, 3.8) is 0 Å². The molecule has 2 bridgehead atoms. The summed E-state index contributed by atoms with van der Waals surface area (Å²) >= 11 is 0. The van der Waals surface area contributed by atoms with E-state index >= 15 is 0 Å². The van der Waals surface area contributed by atoms with Crippen LogP contribution in [0.3, 0.4) is 0 Å². The molecular formula is C13H17N5O4. The van der Waals surface area contributed by atoms with Crippen molar-refractivity contribution in [2.75, 3.05) is 19.5 Å². The highest BCUT2D eigenvalue weighted by Gasteiger charge is 2.61. The van der Waals surface area contributed by atoms with Gasteiger partial charge in [-0.3, -0.25) is 14.3 Å². The molecule has 2 saturated heterocycles. The number of methoxy groups -OCH3 is 1. The SMILES string of the molecule is CC[C@]12COC(C1OC)[C@H](n1cnc3c(=O)[nH]c(N)nc31)O2. The summed E-state index contributed by atoms with van der Waals surface area (Å²) in [5.41, 5.74) is 5.37. The number of hydrogen-bond donors (Lipinski definition) is 2. The summed E-state index contributed by atoms with van der Waals surface area (Å²) in [6.45, 7) is 2.53. The van der Waals surface area contributed by atoms with E-state index in [0.29, 0.717) is 12.3 Å². The lowest BCUT2D eigenvalue weighted by molar-refractivity contribution is -0.173. The molecule has 2 aliphatic heterocycles. The van der Waals surface area contributed by atoms with E-state index in [0.717, 1.165) is 6.42 Å². The highest BCUT2D eigenvalue weighted by Crippen LogP contribution is 2.48. The molecule has 2 aromatic heterocycles. The third kappa shape index (κ3) is 1.61. The van der Waals surface area contributed by atoms with E-state index in [1.54, 1.807) is 11.7 Å². The second-order valence-electron chi connectivity index (χ2n) is 5.63. The molecule has 4 rings (SSSR count). The van der Waals surface area contributed by atoms with Gasteiger partial charge in [0.2, 0.25) is 5.95 Å². The summed E-state index contributed by atoms with van der Waals surface area (Å²) in [6, 6.07) is 0. The molecule has 0 amide bonds. The molecule has 4 heterocycles. The second kappa shape index (κ2) is 4.51. The number of anilines is 1. The third-order valence-electron chi connectivity index (χ3n) is 4.55. The Hall–Kier alpha value is -1.97. The molecule has 118 valence electrons. The molecule has 9 nitrogen and oxygen atoms in total. The number of rotatable bonds is 3. The van der Waals surface area contributed by atoms with Crippen molar-refractivity contribution >= 4 is 17.1 Å². The van der Waals surface area contributed by atoms with Crippen LogP contribution in [0.25, 0.3) is 11.2 Å². The Morgan fingerprint density at radius 3 is 3.14 bits per heavy atom. The van der Waals surface area contributed by atoms with E-state index in [4.69, 9.17) is 19.9 Å². The van der Waals surface area contributed by atoms with Crippen molar-refractivity contribution < 1.29 is 14.2 Å². The Labute approximate surface area is 125 Å². The van der Waals surface area contributed by atoms with Crippen LogP contribution in [0, 0.1) is 0 Å². The van der Waals surface area contributed by atoms with Gasteiger partial charge < -0.3 is 19.9 Å². The van der Waals surface area contributed by atoms with Crippen LogP contribution < -0.4 is 11.3 Å². The predicted octanol–water partition coefficient (Wildman–Crippen LogP) is -0.207. The average Bonchev–Trinajstić information content (AvgIpc) is 3.15. The lowest BCUT2D eigenvalue weighted by Crippen LogP contribution is -2.40. The highest BCUT2D eigenvalue weighted by molar-refractivity contribution is 5.70. The van der Waals surface area contributed by atoms with Crippen LogP contribution in [-0.2, 0) is 14.2 Å². The van der Waals surface area contributed by atoms with Crippen LogP contribution in [0.15, 0.2) is 11.1 Å². The fraction of sp³-hybridized carbons (Fsp3) is 0.615. The maximum absolute atomic E-state index is 11.9. The number of nitrogens with two attached hydrogens (primary N) is 1. The van der Waals surface area contributed by atoms with E-state index in [1.165, 1.54) is 6.33 Å². The highest BCUT2D eigenvalue weighted by atomic mass is 16.7. The van der Waals surface area contributed by atoms with Crippen molar-refractivity contribution in [3.05, 3.63) is 16.7 Å². The van der Waals surface area contributed by atoms with Gasteiger partial charge in [0.05, 0.1) is 12.9 Å². The number of aromatic amines is 1. The van der Waals surface area contributed by atoms with Crippen LogP contribution in [0.1, 0.15) is 19.6 Å². The Morgan fingerprint density at radius 1 is 1.64 bits per heavy atom. The number of fused-ring (bicyclic) bond motifs is 3. The number of ether oxygens (including phenoxy) is 3. The molecule has 3 N–H and O–H groups in total. The molecular weight excluding hydrogens is 290 g/mol. The molecule has 2 unspecified atom stereocenters. The van der Waals surface area contributed by atoms with Gasteiger partial charge in [-0.05, 0) is 6.42 Å². The minimum atomic E-state index is -0.479. The van der Waals surface area contributed by atoms with Crippen LogP contribution in [-0.4, -0.2) is 51.0 Å². The van der Waals surface area contributed by atoms with E-state index < -0.39 is 11.8 Å². The van der Waals surface area contributed by atoms with E-state index in [2.05, 4.69) is 15.0 Å². The molecule has 9 heteroatoms. The van der Waals surface area contributed by atoms with Crippen molar-refractivity contribution in [3.8, 4) is 0 Å². The first-order valence-corrected chi connectivity index (χ1v) is 7.14. The first-order valence-electron chi connectivity index (χ1n) is 7.14. The van der Waals surface area contributed by atoms with Gasteiger partial charge in [-0.1, -0.05) is 6.92 Å². The Balaban J connectivity index is 1.83. The van der Waals surface area contributed by atoms with Gasteiger partial charge in [0.15, 0.2) is 17.4 Å². The second-order valence-corrected chi connectivity index (χ2v) is 5.63. The predicted molar refractivity (Wildman–Crippen MR) is 76.2 cm³/mol. The van der Waals surface area contributed by atoms with Gasteiger partial charge in [-0.2, -0.15) is 4.98 Å². The molecule has 0 spiro atoms. The first-order chi connectivity index (χ1) is 10.6. The van der Waals surface area contributed by atoms with Gasteiger partial charge in [0, 0.05) is 7.11 Å². The fourth-order valence-electron chi connectivity index (χ4n) is 3.43. The smallest absolute Gasteiger partial charge is 0.280 e. The first kappa shape index (κ1) is 13.7. The third-order valence-corrected chi connectivity index (χ3v) is 4.55. The number of nitrogen functional groups attached to an aromatic ring is 1. The molecule has 4 atom stereocenters. The van der Waals surface area contributed by atoms with Crippen LogP contribution >= 0.6 is 0 Å². The molecule has 2 aliphatic rings. The molecule has 22 heavy (non-hydrogen) atoms. The van der Waals surface area contributed by atoms with Crippen LogP contribution in [0.2, 0.25) is 0 Å². The monoisotopic (exact) mass is 307 g/mol. The molecule has 2 fully saturated rings. The Bertz CT molecular complexity index is 786. The Morgan fingerprint density at radius 2 is 2.45 bits per heavy atom. The largest absolute Gasteiger partial charge is 0.375 e. The number of aromatic nitrogens is 4. The maximum atomic E-state index is 11.9. The number of H-pyrrole nitrogens is 1. The summed E-state index contributed by atoms with van der Waals surface area (Å²) in [4.78, 5) is 22.6. The van der Waals surface area contributed by atoms with Gasteiger partial charge in [-0.25, -0.2) is 4.98 Å². The van der Waals surface area contributed by atoms with Gasteiger partial charge >= 0.3 is 0 Å². The molecule has 0 saturated carbocycles. The van der Waals surface area contributed by atoms with Gasteiger partial charge in [0.25, 0.3) is 5.56 Å². The van der Waals surface area contributed by atoms with Crippen molar-refractivity contribution in [1.29, 1.82) is 0 Å². The lowest BCUT2D eigenvalue weighted by atomic mass is 9.96. The molecule has 0 aromatic carbocycles. The topological polar surface area (TPSA) is 117 Å². The summed E-state index contributed by atoms with van der Waals surface area (Å²) in [6.07, 6.45) is 1.40. The van der Waals surface area contributed by atoms with Crippen molar-refractivity contribution in [2.45, 2.75) is 37.4 Å². The standard InChI is InChI=1S/C13H17N5O4/c1-3-13-4-21-7(8(13)20-2)11(22-13)18-5-15-6-9(18)16-12(14)17-10(6)19/h5,7-8,11H,3-4H2,1-2H3,(H3,14,16,17,19)/t7?,8?,11-,13+/m1/s1. The van der Waals surface area contributed by atoms with Gasteiger partial charge in [-0.15, -0.1) is 0 Å². The quantitative estimate of drug-likeness (QED) is 0.805. The lowest BCUT2D eigenvalue weighted by Gasteiger charge is -2.30. The number of nitrogens with zero attached hydrogens (tertiary/aromatic N) is 3. The van der Waals surface area contributed by atoms with E-state index in [-0.39, 0.29) is 29.2 Å². The van der Waals surface area contributed by atoms with Crippen molar-refractivity contribution in [2.24, 2.45) is 0 Å². The number of hydrogen-bond acceptors (Lipinski definition) is 7. The molecule has 0 radical (unpaired) electrons. The van der Waals surface area contributed by atoms with Crippen LogP contribution in [0.4, 0.5) is 5.95 Å². The number of nitrogens with one attached hydrogen (secondary N) is 1. The zero-order valence-corrected chi connectivity index (χ0v) is 12.3. The number of imidazole rings is 1. The summed E-state index contributed by atoms with van der Waals surface area (Å²) in [5, 5.41) is 0. The zero-order valence-electron chi connectivity index (χ0n) is 12.3. The van der Waals surface area contributed by atoms with E-state index in [9.17, 15) is 4.79 Å². The fourth-order valence-corrected chi connectivity index (χ4v) is 3.43.